The second-order valence-corrected chi connectivity index (χ2v) is 11.2. The van der Waals surface area contributed by atoms with Crippen LogP contribution in [0.4, 0.5) is 0 Å². The van der Waals surface area contributed by atoms with Gasteiger partial charge in [0.2, 0.25) is 0 Å². The second kappa shape index (κ2) is 8.67. The average molecular weight is 457 g/mol. The number of nitrogens with zero attached hydrogens (tertiary/aromatic N) is 2. The van der Waals surface area contributed by atoms with E-state index in [-0.39, 0.29) is 0 Å². The third kappa shape index (κ3) is 4.66. The van der Waals surface area contributed by atoms with E-state index >= 15 is 0 Å². The van der Waals surface area contributed by atoms with E-state index < -0.39 is 0 Å². The first-order valence-electron chi connectivity index (χ1n) is 8.05. The highest BCUT2D eigenvalue weighted by molar-refractivity contribution is 8.01. The van der Waals surface area contributed by atoms with Gasteiger partial charge in [0.25, 0.3) is 0 Å². The van der Waals surface area contributed by atoms with Crippen molar-refractivity contribution in [3.8, 4) is 0 Å². The maximum absolute atomic E-state index is 6.03. The van der Waals surface area contributed by atoms with Crippen LogP contribution in [0.2, 0.25) is 10.0 Å². The highest BCUT2D eigenvalue weighted by Gasteiger charge is 2.06. The summed E-state index contributed by atoms with van der Waals surface area (Å²) in [5.41, 5.74) is 2.07. The Balaban J connectivity index is 1.22. The Morgan fingerprint density at radius 3 is 1.65 bits per heavy atom. The van der Waals surface area contributed by atoms with Gasteiger partial charge in [-0.15, -0.1) is 22.7 Å². The molecule has 0 radical (unpaired) electrons. The molecule has 0 aliphatic heterocycles. The number of thioether (sulfide) groups is 2. The normalized spacial score (nSPS) is 11.6. The van der Waals surface area contributed by atoms with Crippen LogP contribution in [0.3, 0.4) is 0 Å². The summed E-state index contributed by atoms with van der Waals surface area (Å²) in [6.45, 7) is 0. The largest absolute Gasteiger partial charge is 0.230 e. The molecule has 8 heteroatoms. The van der Waals surface area contributed by atoms with Crippen molar-refractivity contribution in [2.75, 3.05) is 11.5 Å². The fraction of sp³-hybridized carbons (Fsp3) is 0.222. The topological polar surface area (TPSA) is 25.8 Å². The molecule has 2 aromatic carbocycles. The number of hydrogen-bond donors (Lipinski definition) is 0. The Hall–Kier alpha value is -0.500. The molecule has 0 aliphatic carbocycles. The highest BCUT2D eigenvalue weighted by Crippen LogP contribution is 2.33. The zero-order chi connectivity index (χ0) is 17.9. The van der Waals surface area contributed by atoms with Crippen molar-refractivity contribution < 1.29 is 0 Å². The molecule has 0 fully saturated rings. The molecule has 0 bridgehead atoms. The predicted molar refractivity (Wildman–Crippen MR) is 120 cm³/mol. The van der Waals surface area contributed by atoms with Gasteiger partial charge in [0.15, 0.2) is 8.68 Å². The number of fused-ring (bicyclic) bond motifs is 2. The van der Waals surface area contributed by atoms with Gasteiger partial charge in [-0.05, 0) is 49.2 Å². The van der Waals surface area contributed by atoms with E-state index in [9.17, 15) is 0 Å². The summed E-state index contributed by atoms with van der Waals surface area (Å²) in [4.78, 5) is 9.30. The molecule has 2 nitrogen and oxygen atoms in total. The van der Waals surface area contributed by atoms with Crippen molar-refractivity contribution in [3.05, 3.63) is 46.4 Å². The zero-order valence-corrected chi connectivity index (χ0v) is 18.4. The van der Waals surface area contributed by atoms with E-state index in [0.29, 0.717) is 0 Å². The monoisotopic (exact) mass is 456 g/mol. The van der Waals surface area contributed by atoms with Gasteiger partial charge in [0, 0.05) is 21.6 Å². The Bertz CT molecular complexity index is 960. The van der Waals surface area contributed by atoms with E-state index in [0.717, 1.165) is 50.7 Å². The first-order chi connectivity index (χ1) is 12.7. The summed E-state index contributed by atoms with van der Waals surface area (Å²) in [6, 6.07) is 11.7. The quantitative estimate of drug-likeness (QED) is 0.208. The van der Waals surface area contributed by atoms with Gasteiger partial charge in [0.1, 0.15) is 0 Å². The summed E-state index contributed by atoms with van der Waals surface area (Å²) in [5.74, 6) is 2.17. The number of aromatic nitrogens is 2. The number of unbranched alkanes of at least 4 members (excludes halogenated alkanes) is 1. The van der Waals surface area contributed by atoms with Gasteiger partial charge in [-0.3, -0.25) is 0 Å². The Morgan fingerprint density at radius 2 is 1.19 bits per heavy atom. The van der Waals surface area contributed by atoms with E-state index in [4.69, 9.17) is 23.2 Å². The zero-order valence-electron chi connectivity index (χ0n) is 13.6. The van der Waals surface area contributed by atoms with Crippen molar-refractivity contribution >= 4 is 89.8 Å². The van der Waals surface area contributed by atoms with Crippen LogP contribution in [0.1, 0.15) is 12.8 Å². The van der Waals surface area contributed by atoms with Crippen LogP contribution in [-0.4, -0.2) is 21.5 Å². The first-order valence-corrected chi connectivity index (χ1v) is 12.4. The van der Waals surface area contributed by atoms with Crippen molar-refractivity contribution in [2.45, 2.75) is 21.5 Å². The molecule has 0 spiro atoms. The van der Waals surface area contributed by atoms with Crippen LogP contribution in [0, 0.1) is 0 Å². The molecular weight excluding hydrogens is 443 g/mol. The van der Waals surface area contributed by atoms with E-state index in [2.05, 4.69) is 9.97 Å². The van der Waals surface area contributed by atoms with Gasteiger partial charge in [-0.2, -0.15) is 0 Å². The lowest BCUT2D eigenvalue weighted by Crippen LogP contribution is -1.84. The third-order valence-electron chi connectivity index (χ3n) is 3.65. The molecule has 26 heavy (non-hydrogen) atoms. The standard InChI is InChI=1S/C18H14Cl2N2S4/c19-11-3-5-13-15(9-11)25-17(21-13)23-7-1-2-8-24-18-22-14-6-4-12(20)10-16(14)26-18/h3-6,9-10H,1-2,7-8H2. The third-order valence-corrected chi connectivity index (χ3v) is 8.62. The van der Waals surface area contributed by atoms with E-state index in [1.54, 1.807) is 22.7 Å². The lowest BCUT2D eigenvalue weighted by molar-refractivity contribution is 0.906. The van der Waals surface area contributed by atoms with Crippen LogP contribution in [0.5, 0.6) is 0 Å². The average Bonchev–Trinajstić information content (AvgIpc) is 3.20. The molecule has 0 amide bonds. The molecule has 0 unspecified atom stereocenters. The predicted octanol–water partition coefficient (Wildman–Crippen LogP) is 7.88. The van der Waals surface area contributed by atoms with Gasteiger partial charge in [0.05, 0.1) is 20.4 Å². The van der Waals surface area contributed by atoms with Gasteiger partial charge in [-0.25, -0.2) is 9.97 Å². The molecule has 0 N–H and O–H groups in total. The molecule has 4 rings (SSSR count). The molecular formula is C18H14Cl2N2S4. The molecule has 0 atom stereocenters. The number of halogens is 2. The fourth-order valence-corrected chi connectivity index (χ4v) is 7.23. The summed E-state index contributed by atoms with van der Waals surface area (Å²) in [5, 5.41) is 1.54. The molecule has 2 aromatic heterocycles. The maximum atomic E-state index is 6.03. The second-order valence-electron chi connectivity index (χ2n) is 5.59. The number of benzene rings is 2. The molecule has 4 aromatic rings. The Kier molecular flexibility index (Phi) is 6.29. The van der Waals surface area contributed by atoms with Crippen molar-refractivity contribution in [1.82, 2.24) is 9.97 Å². The summed E-state index contributed by atoms with van der Waals surface area (Å²) >= 11 is 19.2. The minimum absolute atomic E-state index is 0.770. The van der Waals surface area contributed by atoms with Crippen molar-refractivity contribution in [1.29, 1.82) is 0 Å². The summed E-state index contributed by atoms with van der Waals surface area (Å²) in [6.07, 6.45) is 2.34. The lowest BCUT2D eigenvalue weighted by atomic mass is 10.3. The van der Waals surface area contributed by atoms with Crippen molar-refractivity contribution in [2.24, 2.45) is 0 Å². The van der Waals surface area contributed by atoms with E-state index in [1.807, 2.05) is 59.9 Å². The molecule has 2 heterocycles. The Labute approximate surface area is 178 Å². The fourth-order valence-electron chi connectivity index (χ4n) is 2.40. The summed E-state index contributed by atoms with van der Waals surface area (Å²) < 4.78 is 4.56. The van der Waals surface area contributed by atoms with Crippen LogP contribution in [0.15, 0.2) is 45.1 Å². The Morgan fingerprint density at radius 1 is 0.731 bits per heavy atom. The molecule has 0 saturated heterocycles. The van der Waals surface area contributed by atoms with Crippen LogP contribution in [-0.2, 0) is 0 Å². The highest BCUT2D eigenvalue weighted by atomic mass is 35.5. The summed E-state index contributed by atoms with van der Waals surface area (Å²) in [7, 11) is 0. The lowest BCUT2D eigenvalue weighted by Gasteiger charge is -1.98. The first kappa shape index (κ1) is 18.8. The molecule has 0 saturated carbocycles. The number of hydrogen-bond acceptors (Lipinski definition) is 6. The SMILES string of the molecule is Clc1ccc2nc(SCCCCSc3nc4ccc(Cl)cc4s3)sc2c1. The van der Waals surface area contributed by atoms with Crippen LogP contribution >= 0.6 is 69.4 Å². The van der Waals surface area contributed by atoms with Crippen LogP contribution in [0.25, 0.3) is 20.4 Å². The van der Waals surface area contributed by atoms with Crippen LogP contribution < -0.4 is 0 Å². The van der Waals surface area contributed by atoms with E-state index in [1.165, 1.54) is 12.8 Å². The maximum Gasteiger partial charge on any atom is 0.151 e. The van der Waals surface area contributed by atoms with Gasteiger partial charge in [-0.1, -0.05) is 46.7 Å². The smallest absolute Gasteiger partial charge is 0.151 e. The van der Waals surface area contributed by atoms with Crippen molar-refractivity contribution in [3.63, 3.8) is 0 Å². The number of rotatable bonds is 7. The van der Waals surface area contributed by atoms with Gasteiger partial charge >= 0.3 is 0 Å². The molecule has 0 aliphatic rings. The van der Waals surface area contributed by atoms with Gasteiger partial charge < -0.3 is 0 Å². The number of thiazole rings is 2. The minimum atomic E-state index is 0.770. The minimum Gasteiger partial charge on any atom is -0.230 e. The molecule has 134 valence electrons.